The number of unbranched alkanes of at least 4 members (excludes halogenated alkanes) is 2. The van der Waals surface area contributed by atoms with Crippen LogP contribution in [0.3, 0.4) is 0 Å². The number of methoxy groups -OCH3 is 1. The predicted molar refractivity (Wildman–Crippen MR) is 122 cm³/mol. The highest BCUT2D eigenvalue weighted by atomic mass is 16.5. The number of aromatic nitrogens is 3. The second-order valence-electron chi connectivity index (χ2n) is 7.38. The Hall–Kier alpha value is -3.67. The molecule has 0 aliphatic rings. The molecule has 158 valence electrons. The van der Waals surface area contributed by atoms with Crippen molar-refractivity contribution in [2.24, 2.45) is 0 Å². The number of carbonyl (C=O) groups excluding carboxylic acids is 1. The Kier molecular flexibility index (Phi) is 6.26. The molecule has 0 radical (unpaired) electrons. The van der Waals surface area contributed by atoms with E-state index in [0.717, 1.165) is 41.8 Å². The molecule has 1 N–H and O–H groups in total. The Bertz CT molecular complexity index is 1170. The van der Waals surface area contributed by atoms with Crippen LogP contribution in [-0.4, -0.2) is 34.2 Å². The molecule has 0 spiro atoms. The largest absolute Gasteiger partial charge is 0.497 e. The number of fused-ring (bicyclic) bond motifs is 1. The first-order valence-corrected chi connectivity index (χ1v) is 10.6. The zero-order valence-corrected chi connectivity index (χ0v) is 17.8. The number of nitrogens with zero attached hydrogens (tertiary/aromatic N) is 3. The lowest BCUT2D eigenvalue weighted by Gasteiger charge is -2.09. The first kappa shape index (κ1) is 20.6. The molecule has 2 aromatic heterocycles. The monoisotopic (exact) mass is 414 g/mol. The fraction of sp³-hybridized carbons (Fsp3) is 0.240. The summed E-state index contributed by atoms with van der Waals surface area (Å²) < 4.78 is 6.88. The minimum Gasteiger partial charge on any atom is -0.497 e. The minimum absolute atomic E-state index is 0.152. The standard InChI is InChI=1S/C25H26N4O2/c1-3-4-8-15-26-25(30)23-16-21(19-11-13-20(31-2)14-12-19)27-24-17-22(28-29(23)24)18-9-6-5-7-10-18/h5-7,9-14,16-17H,3-4,8,15H2,1-2H3,(H,26,30). The number of hydrogen-bond acceptors (Lipinski definition) is 4. The van der Waals surface area contributed by atoms with Gasteiger partial charge in [0.15, 0.2) is 5.65 Å². The average Bonchev–Trinajstić information content (AvgIpc) is 3.26. The lowest BCUT2D eigenvalue weighted by atomic mass is 10.1. The molecular weight excluding hydrogens is 388 g/mol. The second-order valence-corrected chi connectivity index (χ2v) is 7.38. The van der Waals surface area contributed by atoms with Crippen LogP contribution < -0.4 is 10.1 Å². The summed E-state index contributed by atoms with van der Waals surface area (Å²) in [5.74, 6) is 0.621. The summed E-state index contributed by atoms with van der Waals surface area (Å²) in [5, 5.41) is 7.71. The van der Waals surface area contributed by atoms with Gasteiger partial charge < -0.3 is 10.1 Å². The topological polar surface area (TPSA) is 68.5 Å². The normalized spacial score (nSPS) is 10.9. The second kappa shape index (κ2) is 9.43. The van der Waals surface area contributed by atoms with Crippen LogP contribution in [0.25, 0.3) is 28.2 Å². The third kappa shape index (κ3) is 4.58. The van der Waals surface area contributed by atoms with E-state index in [1.807, 2.05) is 60.7 Å². The number of carbonyl (C=O) groups is 1. The zero-order valence-electron chi connectivity index (χ0n) is 17.8. The van der Waals surface area contributed by atoms with Gasteiger partial charge in [0.2, 0.25) is 0 Å². The van der Waals surface area contributed by atoms with Crippen molar-refractivity contribution in [1.29, 1.82) is 0 Å². The van der Waals surface area contributed by atoms with Gasteiger partial charge in [-0.3, -0.25) is 4.79 Å². The molecule has 4 rings (SSSR count). The highest BCUT2D eigenvalue weighted by Gasteiger charge is 2.17. The van der Waals surface area contributed by atoms with Crippen LogP contribution in [0, 0.1) is 0 Å². The molecule has 6 nitrogen and oxygen atoms in total. The maximum atomic E-state index is 13.0. The first-order chi connectivity index (χ1) is 15.2. The summed E-state index contributed by atoms with van der Waals surface area (Å²) in [6.07, 6.45) is 3.15. The smallest absolute Gasteiger partial charge is 0.270 e. The van der Waals surface area contributed by atoms with Crippen LogP contribution in [-0.2, 0) is 0 Å². The van der Waals surface area contributed by atoms with E-state index in [1.165, 1.54) is 0 Å². The van der Waals surface area contributed by atoms with E-state index < -0.39 is 0 Å². The summed E-state index contributed by atoms with van der Waals surface area (Å²) in [5.41, 5.74) is 4.48. The van der Waals surface area contributed by atoms with Crippen LogP contribution >= 0.6 is 0 Å². The summed E-state index contributed by atoms with van der Waals surface area (Å²) in [6, 6.07) is 21.3. The molecule has 1 amide bonds. The van der Waals surface area contributed by atoms with Crippen molar-refractivity contribution in [3.05, 3.63) is 72.4 Å². The maximum Gasteiger partial charge on any atom is 0.270 e. The molecule has 4 aromatic rings. The third-order valence-corrected chi connectivity index (χ3v) is 5.18. The minimum atomic E-state index is -0.152. The van der Waals surface area contributed by atoms with Gasteiger partial charge in [0, 0.05) is 23.7 Å². The van der Waals surface area contributed by atoms with Gasteiger partial charge >= 0.3 is 0 Å². The fourth-order valence-electron chi connectivity index (χ4n) is 3.46. The van der Waals surface area contributed by atoms with Crippen molar-refractivity contribution in [1.82, 2.24) is 19.9 Å². The van der Waals surface area contributed by atoms with E-state index in [1.54, 1.807) is 17.7 Å². The molecule has 31 heavy (non-hydrogen) atoms. The zero-order chi connectivity index (χ0) is 21.6. The van der Waals surface area contributed by atoms with E-state index in [9.17, 15) is 4.79 Å². The van der Waals surface area contributed by atoms with Gasteiger partial charge in [0.1, 0.15) is 11.4 Å². The lowest BCUT2D eigenvalue weighted by molar-refractivity contribution is 0.0945. The van der Waals surface area contributed by atoms with E-state index in [0.29, 0.717) is 23.6 Å². The Morgan fingerprint density at radius 1 is 0.968 bits per heavy atom. The van der Waals surface area contributed by atoms with Crippen LogP contribution in [0.15, 0.2) is 66.7 Å². The van der Waals surface area contributed by atoms with Crippen molar-refractivity contribution in [3.63, 3.8) is 0 Å². The van der Waals surface area contributed by atoms with E-state index in [-0.39, 0.29) is 5.91 Å². The van der Waals surface area contributed by atoms with Crippen LogP contribution in [0.4, 0.5) is 0 Å². The number of benzene rings is 2. The average molecular weight is 415 g/mol. The van der Waals surface area contributed by atoms with Gasteiger partial charge in [0.25, 0.3) is 5.91 Å². The van der Waals surface area contributed by atoms with Crippen molar-refractivity contribution in [2.45, 2.75) is 26.2 Å². The van der Waals surface area contributed by atoms with E-state index in [2.05, 4.69) is 17.3 Å². The van der Waals surface area contributed by atoms with Crippen molar-refractivity contribution in [3.8, 4) is 28.3 Å². The molecule has 0 unspecified atom stereocenters. The van der Waals surface area contributed by atoms with Gasteiger partial charge in [-0.05, 0) is 36.8 Å². The SMILES string of the molecule is CCCCCNC(=O)c1cc(-c2ccc(OC)cc2)nc2cc(-c3ccccc3)nn12. The highest BCUT2D eigenvalue weighted by Crippen LogP contribution is 2.25. The molecule has 0 aliphatic heterocycles. The van der Waals surface area contributed by atoms with Gasteiger partial charge in [-0.15, -0.1) is 0 Å². The van der Waals surface area contributed by atoms with Crippen molar-refractivity contribution >= 4 is 11.6 Å². The van der Waals surface area contributed by atoms with Crippen molar-refractivity contribution < 1.29 is 9.53 Å². The fourth-order valence-corrected chi connectivity index (χ4v) is 3.46. The number of hydrogen-bond donors (Lipinski definition) is 1. The number of ether oxygens (including phenoxy) is 1. The Balaban J connectivity index is 1.77. The Morgan fingerprint density at radius 3 is 2.42 bits per heavy atom. The van der Waals surface area contributed by atoms with Gasteiger partial charge in [-0.25, -0.2) is 9.50 Å². The highest BCUT2D eigenvalue weighted by molar-refractivity contribution is 5.94. The molecule has 2 heterocycles. The summed E-state index contributed by atoms with van der Waals surface area (Å²) in [7, 11) is 1.64. The van der Waals surface area contributed by atoms with Gasteiger partial charge in [-0.2, -0.15) is 5.10 Å². The van der Waals surface area contributed by atoms with Gasteiger partial charge in [-0.1, -0.05) is 50.1 Å². The quantitative estimate of drug-likeness (QED) is 0.412. The number of rotatable bonds is 8. The molecule has 0 atom stereocenters. The van der Waals surface area contributed by atoms with Crippen LogP contribution in [0.5, 0.6) is 5.75 Å². The number of amides is 1. The molecule has 0 saturated carbocycles. The molecular formula is C25H26N4O2. The molecule has 0 aliphatic carbocycles. The maximum absolute atomic E-state index is 13.0. The number of nitrogens with one attached hydrogen (secondary N) is 1. The Labute approximate surface area is 181 Å². The molecule has 6 heteroatoms. The predicted octanol–water partition coefficient (Wildman–Crippen LogP) is 4.99. The van der Waals surface area contributed by atoms with E-state index >= 15 is 0 Å². The summed E-state index contributed by atoms with van der Waals surface area (Å²) in [4.78, 5) is 17.8. The summed E-state index contributed by atoms with van der Waals surface area (Å²) in [6.45, 7) is 2.78. The lowest BCUT2D eigenvalue weighted by Crippen LogP contribution is -2.27. The molecule has 0 fully saturated rings. The Morgan fingerprint density at radius 2 is 1.71 bits per heavy atom. The van der Waals surface area contributed by atoms with Crippen molar-refractivity contribution in [2.75, 3.05) is 13.7 Å². The first-order valence-electron chi connectivity index (χ1n) is 10.6. The summed E-state index contributed by atoms with van der Waals surface area (Å²) >= 11 is 0. The van der Waals surface area contributed by atoms with E-state index in [4.69, 9.17) is 9.72 Å². The van der Waals surface area contributed by atoms with Gasteiger partial charge in [0.05, 0.1) is 18.5 Å². The molecule has 2 aromatic carbocycles. The third-order valence-electron chi connectivity index (χ3n) is 5.18. The molecule has 0 bridgehead atoms. The molecule has 0 saturated heterocycles. The van der Waals surface area contributed by atoms with Crippen LogP contribution in [0.1, 0.15) is 36.7 Å². The van der Waals surface area contributed by atoms with Crippen LogP contribution in [0.2, 0.25) is 0 Å².